The van der Waals surface area contributed by atoms with Crippen molar-refractivity contribution >= 4 is 17.7 Å². The Kier molecular flexibility index (Phi) is 5.81. The van der Waals surface area contributed by atoms with E-state index in [2.05, 4.69) is 15.5 Å². The van der Waals surface area contributed by atoms with Gasteiger partial charge in [0.15, 0.2) is 0 Å². The number of benzene rings is 1. The molecule has 0 bridgehead atoms. The van der Waals surface area contributed by atoms with Gasteiger partial charge in [-0.15, -0.1) is 0 Å². The van der Waals surface area contributed by atoms with Crippen molar-refractivity contribution in [3.63, 3.8) is 0 Å². The molecule has 0 atom stereocenters. The minimum Gasteiger partial charge on any atom is -0.267 e. The Morgan fingerprint density at radius 2 is 1.95 bits per heavy atom. The molecule has 1 amide bonds. The quantitative estimate of drug-likeness (QED) is 0.521. The number of carbonyl (C=O) groups excluding carboxylic acids is 1. The summed E-state index contributed by atoms with van der Waals surface area (Å²) in [6, 6.07) is 13.4. The van der Waals surface area contributed by atoms with E-state index in [9.17, 15) is 4.79 Å². The smallest absolute Gasteiger partial charge is 0.267 e. The van der Waals surface area contributed by atoms with Crippen molar-refractivity contribution in [2.24, 2.45) is 5.10 Å². The van der Waals surface area contributed by atoms with E-state index in [1.165, 1.54) is 6.20 Å². The third kappa shape index (κ3) is 5.17. The van der Waals surface area contributed by atoms with Gasteiger partial charge in [0.05, 0.1) is 11.3 Å². The minimum atomic E-state index is -0.277. The van der Waals surface area contributed by atoms with Crippen LogP contribution in [0.3, 0.4) is 0 Å². The molecule has 1 heterocycles. The van der Waals surface area contributed by atoms with Gasteiger partial charge in [0.25, 0.3) is 5.91 Å². The lowest BCUT2D eigenvalue weighted by Crippen LogP contribution is -2.18. The van der Waals surface area contributed by atoms with E-state index >= 15 is 0 Å². The first-order valence-electron chi connectivity index (χ1n) is 6.90. The molecule has 0 radical (unpaired) electrons. The lowest BCUT2D eigenvalue weighted by Gasteiger charge is -1.99. The molecule has 0 aliphatic rings. The van der Waals surface area contributed by atoms with E-state index < -0.39 is 0 Å². The highest BCUT2D eigenvalue weighted by molar-refractivity contribution is 5.97. The highest BCUT2D eigenvalue weighted by Crippen LogP contribution is 2.00. The number of nitrogens with one attached hydrogen (secondary N) is 1. The third-order valence-electron chi connectivity index (χ3n) is 2.79. The molecule has 2 rings (SSSR count). The largest absolute Gasteiger partial charge is 0.272 e. The van der Waals surface area contributed by atoms with Gasteiger partial charge in [-0.05, 0) is 30.7 Å². The summed E-state index contributed by atoms with van der Waals surface area (Å²) in [4.78, 5) is 15.7. The average Bonchev–Trinajstić information content (AvgIpc) is 2.58. The Hall–Kier alpha value is -3.01. The fraction of sp³-hybridized carbons (Fsp3) is 0.0556. The van der Waals surface area contributed by atoms with Crippen LogP contribution in [-0.2, 0) is 0 Å². The highest BCUT2D eigenvalue weighted by Gasteiger charge is 2.02. The normalized spacial score (nSPS) is 12.0. The molecule has 4 heteroatoms. The molecule has 0 fully saturated rings. The van der Waals surface area contributed by atoms with Gasteiger partial charge in [-0.1, -0.05) is 48.6 Å². The number of hydrazone groups is 1. The van der Waals surface area contributed by atoms with Gasteiger partial charge >= 0.3 is 0 Å². The summed E-state index contributed by atoms with van der Waals surface area (Å²) < 4.78 is 0. The Balaban J connectivity index is 1.86. The average molecular weight is 291 g/mol. The van der Waals surface area contributed by atoms with E-state index in [1.807, 2.05) is 61.6 Å². The molecule has 1 aromatic carbocycles. The van der Waals surface area contributed by atoms with E-state index in [0.717, 1.165) is 5.56 Å². The van der Waals surface area contributed by atoms with Gasteiger partial charge in [0, 0.05) is 12.4 Å². The summed E-state index contributed by atoms with van der Waals surface area (Å²) in [5.74, 6) is -0.277. The van der Waals surface area contributed by atoms with Crippen molar-refractivity contribution in [2.75, 3.05) is 0 Å². The van der Waals surface area contributed by atoms with Crippen molar-refractivity contribution in [3.05, 3.63) is 84.2 Å². The number of carbonyl (C=O) groups is 1. The zero-order valence-corrected chi connectivity index (χ0v) is 12.3. The SMILES string of the molecule is CC(/C=C\C=C\c1ccccc1)=N\NC(=O)c1cccnc1. The van der Waals surface area contributed by atoms with Crippen LogP contribution in [0, 0.1) is 0 Å². The van der Waals surface area contributed by atoms with E-state index in [4.69, 9.17) is 0 Å². The maximum absolute atomic E-state index is 11.8. The van der Waals surface area contributed by atoms with Gasteiger partial charge in [-0.25, -0.2) is 5.43 Å². The second-order valence-corrected chi connectivity index (χ2v) is 4.56. The lowest BCUT2D eigenvalue weighted by atomic mass is 10.2. The molecule has 1 aromatic heterocycles. The van der Waals surface area contributed by atoms with Crippen molar-refractivity contribution in [2.45, 2.75) is 6.92 Å². The molecule has 0 unspecified atom stereocenters. The van der Waals surface area contributed by atoms with Crippen molar-refractivity contribution in [1.82, 2.24) is 10.4 Å². The molecular weight excluding hydrogens is 274 g/mol. The molecule has 0 saturated heterocycles. The fourth-order valence-corrected chi connectivity index (χ4v) is 1.66. The van der Waals surface area contributed by atoms with Crippen LogP contribution in [0.1, 0.15) is 22.8 Å². The van der Waals surface area contributed by atoms with Crippen LogP contribution in [0.4, 0.5) is 0 Å². The Morgan fingerprint density at radius 3 is 2.68 bits per heavy atom. The molecule has 2 aromatic rings. The van der Waals surface area contributed by atoms with Crippen LogP contribution in [0.5, 0.6) is 0 Å². The zero-order valence-electron chi connectivity index (χ0n) is 12.3. The number of rotatable bonds is 5. The highest BCUT2D eigenvalue weighted by atomic mass is 16.2. The molecule has 0 aliphatic carbocycles. The fourth-order valence-electron chi connectivity index (χ4n) is 1.66. The Morgan fingerprint density at radius 1 is 1.14 bits per heavy atom. The number of aromatic nitrogens is 1. The van der Waals surface area contributed by atoms with Crippen LogP contribution in [0.2, 0.25) is 0 Å². The van der Waals surface area contributed by atoms with Gasteiger partial charge in [0.1, 0.15) is 0 Å². The predicted octanol–water partition coefficient (Wildman–Crippen LogP) is 3.46. The van der Waals surface area contributed by atoms with Gasteiger partial charge in [0.2, 0.25) is 0 Å². The first-order chi connectivity index (χ1) is 10.8. The number of hydrogen-bond acceptors (Lipinski definition) is 3. The Bertz CT molecular complexity index is 689. The summed E-state index contributed by atoms with van der Waals surface area (Å²) in [7, 11) is 0. The van der Waals surface area contributed by atoms with Crippen LogP contribution >= 0.6 is 0 Å². The standard InChI is InChI=1S/C18H17N3O/c1-15(8-5-6-11-16-9-3-2-4-10-16)20-21-18(22)17-12-7-13-19-14-17/h2-14H,1H3,(H,21,22)/b8-5-,11-6+,20-15+. The van der Waals surface area contributed by atoms with E-state index in [1.54, 1.807) is 18.3 Å². The first-order valence-corrected chi connectivity index (χ1v) is 6.90. The molecule has 1 N–H and O–H groups in total. The van der Waals surface area contributed by atoms with Gasteiger partial charge < -0.3 is 0 Å². The summed E-state index contributed by atoms with van der Waals surface area (Å²) in [6.45, 7) is 1.82. The summed E-state index contributed by atoms with van der Waals surface area (Å²) >= 11 is 0. The van der Waals surface area contributed by atoms with Gasteiger partial charge in [-0.2, -0.15) is 5.10 Å². The summed E-state index contributed by atoms with van der Waals surface area (Å²) in [5.41, 5.74) is 4.80. The molecule has 0 aliphatic heterocycles. The number of amides is 1. The number of pyridine rings is 1. The predicted molar refractivity (Wildman–Crippen MR) is 89.4 cm³/mol. The van der Waals surface area contributed by atoms with E-state index in [-0.39, 0.29) is 5.91 Å². The molecule has 110 valence electrons. The van der Waals surface area contributed by atoms with Crippen LogP contribution in [0.25, 0.3) is 6.08 Å². The second kappa shape index (κ2) is 8.32. The second-order valence-electron chi connectivity index (χ2n) is 4.56. The van der Waals surface area contributed by atoms with Crippen molar-refractivity contribution in [1.29, 1.82) is 0 Å². The molecule has 0 spiro atoms. The van der Waals surface area contributed by atoms with Crippen molar-refractivity contribution < 1.29 is 4.79 Å². The maximum atomic E-state index is 11.8. The first kappa shape index (κ1) is 15.4. The van der Waals surface area contributed by atoms with Crippen LogP contribution < -0.4 is 5.43 Å². The van der Waals surface area contributed by atoms with E-state index in [0.29, 0.717) is 11.3 Å². The molecule has 22 heavy (non-hydrogen) atoms. The number of allylic oxidation sites excluding steroid dienone is 3. The topological polar surface area (TPSA) is 54.4 Å². The van der Waals surface area contributed by atoms with Gasteiger partial charge in [-0.3, -0.25) is 9.78 Å². The number of nitrogens with zero attached hydrogens (tertiary/aromatic N) is 2. The minimum absolute atomic E-state index is 0.277. The third-order valence-corrected chi connectivity index (χ3v) is 2.79. The van der Waals surface area contributed by atoms with Crippen LogP contribution in [-0.4, -0.2) is 16.6 Å². The number of hydrogen-bond donors (Lipinski definition) is 1. The Labute approximate surface area is 129 Å². The molecular formula is C18H17N3O. The maximum Gasteiger partial charge on any atom is 0.272 e. The lowest BCUT2D eigenvalue weighted by molar-refractivity contribution is 0.0954. The van der Waals surface area contributed by atoms with Crippen LogP contribution in [0.15, 0.2) is 78.2 Å². The van der Waals surface area contributed by atoms with Crippen molar-refractivity contribution in [3.8, 4) is 0 Å². The summed E-state index contributed by atoms with van der Waals surface area (Å²) in [6.07, 6.45) is 10.7. The molecule has 4 nitrogen and oxygen atoms in total. The molecule has 0 saturated carbocycles. The monoisotopic (exact) mass is 291 g/mol. The zero-order chi connectivity index (χ0) is 15.6. The summed E-state index contributed by atoms with van der Waals surface area (Å²) in [5, 5.41) is 4.01.